The number of aromatic amines is 1. The van der Waals surface area contributed by atoms with E-state index in [-0.39, 0.29) is 24.6 Å². The number of rotatable bonds is 9. The van der Waals surface area contributed by atoms with Crippen molar-refractivity contribution in [1.29, 1.82) is 0 Å². The smallest absolute Gasteiger partial charge is 0.331 e. The summed E-state index contributed by atoms with van der Waals surface area (Å²) >= 11 is 0. The molecule has 35 heavy (non-hydrogen) atoms. The minimum atomic E-state index is -0.811. The Labute approximate surface area is 201 Å². The Kier molecular flexibility index (Phi) is 8.23. The second-order valence-corrected chi connectivity index (χ2v) is 7.39. The predicted molar refractivity (Wildman–Crippen MR) is 132 cm³/mol. The fourth-order valence-electron chi connectivity index (χ4n) is 3.44. The number of benzene rings is 2. The predicted octanol–water partition coefficient (Wildman–Crippen LogP) is 1.79. The minimum absolute atomic E-state index is 0.0598. The van der Waals surface area contributed by atoms with Crippen LogP contribution in [0.2, 0.25) is 0 Å². The summed E-state index contributed by atoms with van der Waals surface area (Å²) < 4.78 is 11.4. The molecule has 0 radical (unpaired) electrons. The normalized spacial score (nSPS) is 10.8. The first-order valence-electron chi connectivity index (χ1n) is 10.8. The van der Waals surface area contributed by atoms with Crippen molar-refractivity contribution in [2.75, 3.05) is 30.9 Å². The molecule has 3 rings (SSSR count). The number of carbonyl (C=O) groups is 2. The number of aromatic nitrogens is 2. The molecule has 1 amide bonds. The van der Waals surface area contributed by atoms with E-state index in [4.69, 9.17) is 15.2 Å². The largest absolute Gasteiger partial charge is 0.496 e. The van der Waals surface area contributed by atoms with Crippen LogP contribution in [-0.4, -0.2) is 41.7 Å². The molecule has 0 saturated carbocycles. The molecule has 3 N–H and O–H groups in total. The highest BCUT2D eigenvalue weighted by atomic mass is 16.5. The van der Waals surface area contributed by atoms with E-state index in [2.05, 4.69) is 4.98 Å². The average Bonchev–Trinajstić information content (AvgIpc) is 2.87. The van der Waals surface area contributed by atoms with E-state index in [0.717, 1.165) is 10.5 Å². The van der Waals surface area contributed by atoms with E-state index in [1.54, 1.807) is 43.3 Å². The molecule has 10 nitrogen and oxygen atoms in total. The van der Waals surface area contributed by atoms with Crippen molar-refractivity contribution >= 4 is 29.5 Å². The fraction of sp³-hybridized carbons (Fsp3) is 0.200. The highest BCUT2D eigenvalue weighted by Gasteiger charge is 2.23. The highest BCUT2D eigenvalue weighted by Crippen LogP contribution is 2.19. The van der Waals surface area contributed by atoms with Gasteiger partial charge in [0.25, 0.3) is 11.5 Å². The number of likely N-dealkylation sites (N-methyl/N-ethyl adjacent to an activating group) is 1. The van der Waals surface area contributed by atoms with E-state index in [0.29, 0.717) is 11.3 Å². The molecule has 2 aromatic carbocycles. The SMILES string of the molecule is CCN(C(=O)COC(=O)/C=C/c1ccccc1OC)c1c(N)n(Cc2ccccc2)c(=O)[nH]c1=O. The number of nitrogens with one attached hydrogen (secondary N) is 1. The number of esters is 1. The van der Waals surface area contributed by atoms with Crippen LogP contribution >= 0.6 is 0 Å². The van der Waals surface area contributed by atoms with Crippen LogP contribution in [0.15, 0.2) is 70.3 Å². The van der Waals surface area contributed by atoms with Crippen LogP contribution in [0, 0.1) is 0 Å². The number of anilines is 2. The molecule has 0 fully saturated rings. The quantitative estimate of drug-likeness (QED) is 0.353. The number of ether oxygens (including phenoxy) is 2. The lowest BCUT2D eigenvalue weighted by Crippen LogP contribution is -2.42. The summed E-state index contributed by atoms with van der Waals surface area (Å²) in [5.74, 6) is -1.02. The number of hydrogen-bond donors (Lipinski definition) is 2. The monoisotopic (exact) mass is 478 g/mol. The maximum Gasteiger partial charge on any atom is 0.331 e. The summed E-state index contributed by atoms with van der Waals surface area (Å²) in [6.45, 7) is 1.17. The summed E-state index contributed by atoms with van der Waals surface area (Å²) in [4.78, 5) is 53.2. The molecule has 3 aromatic rings. The molecule has 0 bridgehead atoms. The molecule has 0 atom stereocenters. The Balaban J connectivity index is 1.76. The van der Waals surface area contributed by atoms with Gasteiger partial charge in [0.1, 0.15) is 11.6 Å². The molecular formula is C25H26N4O6. The molecule has 0 unspecified atom stereocenters. The Hall–Kier alpha value is -4.60. The lowest BCUT2D eigenvalue weighted by molar-refractivity contribution is -0.142. The zero-order chi connectivity index (χ0) is 25.4. The van der Waals surface area contributed by atoms with Gasteiger partial charge in [-0.25, -0.2) is 9.59 Å². The Morgan fingerprint density at radius 1 is 1.09 bits per heavy atom. The van der Waals surface area contributed by atoms with Gasteiger partial charge in [-0.2, -0.15) is 0 Å². The van der Waals surface area contributed by atoms with E-state index >= 15 is 0 Å². The Morgan fingerprint density at radius 3 is 2.46 bits per heavy atom. The molecule has 10 heteroatoms. The van der Waals surface area contributed by atoms with Gasteiger partial charge in [-0.1, -0.05) is 48.5 Å². The molecule has 0 aliphatic carbocycles. The van der Waals surface area contributed by atoms with Crippen LogP contribution in [0.5, 0.6) is 5.75 Å². The maximum atomic E-state index is 12.8. The standard InChI is InChI=1S/C25H26N4O6/c1-3-28(20(30)16-35-21(31)14-13-18-11-7-8-12-19(18)34-2)22-23(26)29(25(33)27-24(22)32)15-17-9-5-4-6-10-17/h4-14H,3,15-16,26H2,1-2H3,(H,27,32,33)/b14-13+. The number of H-pyrrole nitrogens is 1. The first kappa shape index (κ1) is 25.0. The van der Waals surface area contributed by atoms with Gasteiger partial charge in [0, 0.05) is 18.2 Å². The number of nitrogen functional groups attached to an aromatic ring is 1. The number of methoxy groups -OCH3 is 1. The third-order valence-electron chi connectivity index (χ3n) is 5.16. The van der Waals surface area contributed by atoms with Crippen LogP contribution < -0.4 is 26.6 Å². The van der Waals surface area contributed by atoms with Crippen LogP contribution in [0.25, 0.3) is 6.08 Å². The van der Waals surface area contributed by atoms with Crippen molar-refractivity contribution in [1.82, 2.24) is 9.55 Å². The van der Waals surface area contributed by atoms with E-state index < -0.39 is 29.7 Å². The van der Waals surface area contributed by atoms with E-state index in [1.165, 1.54) is 23.8 Å². The van der Waals surface area contributed by atoms with Gasteiger partial charge in [0.15, 0.2) is 12.3 Å². The molecular weight excluding hydrogens is 452 g/mol. The van der Waals surface area contributed by atoms with E-state index in [9.17, 15) is 19.2 Å². The van der Waals surface area contributed by atoms with E-state index in [1.807, 2.05) is 18.2 Å². The van der Waals surface area contributed by atoms with Crippen LogP contribution in [-0.2, 0) is 20.9 Å². The average molecular weight is 479 g/mol. The Morgan fingerprint density at radius 2 is 1.77 bits per heavy atom. The van der Waals surface area contributed by atoms with Gasteiger partial charge in [-0.05, 0) is 24.6 Å². The number of amides is 1. The van der Waals surface area contributed by atoms with Crippen molar-refractivity contribution in [2.45, 2.75) is 13.5 Å². The molecule has 0 aliphatic heterocycles. The minimum Gasteiger partial charge on any atom is -0.496 e. The maximum absolute atomic E-state index is 12.8. The first-order chi connectivity index (χ1) is 16.8. The number of nitrogens with zero attached hydrogens (tertiary/aromatic N) is 2. The lowest BCUT2D eigenvalue weighted by atomic mass is 10.2. The van der Waals surface area contributed by atoms with Gasteiger partial charge < -0.3 is 20.1 Å². The molecule has 182 valence electrons. The number of hydrogen-bond acceptors (Lipinski definition) is 7. The van der Waals surface area contributed by atoms with Gasteiger partial charge >= 0.3 is 11.7 Å². The number of para-hydroxylation sites is 1. The van der Waals surface area contributed by atoms with Crippen LogP contribution in [0.3, 0.4) is 0 Å². The summed E-state index contributed by atoms with van der Waals surface area (Å²) in [6.07, 6.45) is 2.67. The molecule has 0 saturated heterocycles. The fourth-order valence-corrected chi connectivity index (χ4v) is 3.44. The van der Waals surface area contributed by atoms with Crippen molar-refractivity contribution in [3.8, 4) is 5.75 Å². The zero-order valence-corrected chi connectivity index (χ0v) is 19.4. The summed E-state index contributed by atoms with van der Waals surface area (Å²) in [7, 11) is 1.51. The van der Waals surface area contributed by atoms with Crippen molar-refractivity contribution in [3.63, 3.8) is 0 Å². The van der Waals surface area contributed by atoms with Crippen LogP contribution in [0.1, 0.15) is 18.1 Å². The van der Waals surface area contributed by atoms with Crippen molar-refractivity contribution in [2.24, 2.45) is 0 Å². The molecule has 1 heterocycles. The van der Waals surface area contributed by atoms with Gasteiger partial charge in [0.05, 0.1) is 13.7 Å². The van der Waals surface area contributed by atoms with Gasteiger partial charge in [-0.3, -0.25) is 19.1 Å². The third kappa shape index (κ3) is 6.05. The Bertz CT molecular complexity index is 1340. The summed E-state index contributed by atoms with van der Waals surface area (Å²) in [5.41, 5.74) is 5.91. The van der Waals surface area contributed by atoms with Crippen molar-refractivity contribution < 1.29 is 19.1 Å². The first-order valence-corrected chi connectivity index (χ1v) is 10.8. The molecule has 0 aliphatic rings. The molecule has 1 aromatic heterocycles. The van der Waals surface area contributed by atoms with Crippen LogP contribution in [0.4, 0.5) is 11.5 Å². The topological polar surface area (TPSA) is 137 Å². The van der Waals surface area contributed by atoms with Gasteiger partial charge in [-0.15, -0.1) is 0 Å². The van der Waals surface area contributed by atoms with Gasteiger partial charge in [0.2, 0.25) is 0 Å². The molecule has 0 spiro atoms. The number of nitrogens with two attached hydrogens (primary N) is 1. The lowest BCUT2D eigenvalue weighted by Gasteiger charge is -2.23. The third-order valence-corrected chi connectivity index (χ3v) is 5.16. The second kappa shape index (κ2) is 11.5. The second-order valence-electron chi connectivity index (χ2n) is 7.39. The summed E-state index contributed by atoms with van der Waals surface area (Å²) in [6, 6.07) is 16.1. The number of carbonyl (C=O) groups excluding carboxylic acids is 2. The summed E-state index contributed by atoms with van der Waals surface area (Å²) in [5, 5.41) is 0. The zero-order valence-electron chi connectivity index (χ0n) is 19.4. The van der Waals surface area contributed by atoms with Crippen molar-refractivity contribution in [3.05, 3.63) is 92.6 Å². The highest BCUT2D eigenvalue weighted by molar-refractivity contribution is 5.98.